The number of hydrogen-bond donors (Lipinski definition) is 1. The molecule has 2 amide bonds. The monoisotopic (exact) mass is 254 g/mol. The molecule has 0 unspecified atom stereocenters. The maximum Gasteiger partial charge on any atom is 0.288 e. The van der Waals surface area contributed by atoms with E-state index < -0.39 is 11.4 Å². The third kappa shape index (κ3) is 4.03. The summed E-state index contributed by atoms with van der Waals surface area (Å²) in [6.07, 6.45) is 3.23. The lowest BCUT2D eigenvalue weighted by Gasteiger charge is -2.40. The standard InChI is InChI=1S/C12H18N2O4/c1-3-4-9(2)5-10(15)13-12(7-18-8-12)6-11(16)14-17/h5H,3-4,6-8H2,1-2H3,(H,13,15)/b9-5+. The molecule has 100 valence electrons. The maximum absolute atomic E-state index is 11.7. The molecule has 6 nitrogen and oxygen atoms in total. The minimum atomic E-state index is -0.771. The van der Waals surface area contributed by atoms with Crippen molar-refractivity contribution in [2.45, 2.75) is 38.6 Å². The van der Waals surface area contributed by atoms with Crippen molar-refractivity contribution in [2.75, 3.05) is 13.2 Å². The molecule has 1 N–H and O–H groups in total. The highest BCUT2D eigenvalue weighted by atomic mass is 16.5. The van der Waals surface area contributed by atoms with Gasteiger partial charge in [0.25, 0.3) is 5.91 Å². The quantitative estimate of drug-likeness (QED) is 0.572. The Hall–Kier alpha value is -1.56. The van der Waals surface area contributed by atoms with E-state index in [-0.39, 0.29) is 25.5 Å². The van der Waals surface area contributed by atoms with E-state index >= 15 is 0 Å². The molecule has 0 spiro atoms. The molecule has 1 fully saturated rings. The molecule has 1 aliphatic rings. The lowest BCUT2D eigenvalue weighted by atomic mass is 9.92. The van der Waals surface area contributed by atoms with Crippen LogP contribution in [0.15, 0.2) is 16.8 Å². The van der Waals surface area contributed by atoms with Crippen molar-refractivity contribution in [3.63, 3.8) is 0 Å². The SMILES string of the molecule is CCC/C(C)=C/C(=O)NC1(CC(=O)N=O)COC1. The molecular formula is C12H18N2O4. The smallest absolute Gasteiger partial charge is 0.288 e. The van der Waals surface area contributed by atoms with Crippen LogP contribution in [0.1, 0.15) is 33.1 Å². The van der Waals surface area contributed by atoms with Crippen LogP contribution in [0.3, 0.4) is 0 Å². The Labute approximate surface area is 106 Å². The maximum atomic E-state index is 11.7. The topological polar surface area (TPSA) is 84.8 Å². The van der Waals surface area contributed by atoms with Crippen LogP contribution in [0.25, 0.3) is 0 Å². The molecule has 0 aliphatic carbocycles. The van der Waals surface area contributed by atoms with Gasteiger partial charge in [-0.25, -0.2) is 0 Å². The van der Waals surface area contributed by atoms with Crippen LogP contribution in [0, 0.1) is 4.91 Å². The van der Waals surface area contributed by atoms with Crippen molar-refractivity contribution in [2.24, 2.45) is 5.18 Å². The van der Waals surface area contributed by atoms with Crippen LogP contribution in [-0.4, -0.2) is 30.6 Å². The van der Waals surface area contributed by atoms with Crippen LogP contribution >= 0.6 is 0 Å². The molecule has 1 aliphatic heterocycles. The van der Waals surface area contributed by atoms with E-state index in [4.69, 9.17) is 4.74 Å². The van der Waals surface area contributed by atoms with Gasteiger partial charge in [-0.05, 0) is 13.3 Å². The zero-order valence-electron chi connectivity index (χ0n) is 10.7. The number of allylic oxidation sites excluding steroid dienone is 1. The fraction of sp³-hybridized carbons (Fsp3) is 0.667. The number of hydrogen-bond acceptors (Lipinski definition) is 4. The summed E-state index contributed by atoms with van der Waals surface area (Å²) in [6.45, 7) is 4.39. The fourth-order valence-electron chi connectivity index (χ4n) is 1.88. The van der Waals surface area contributed by atoms with E-state index in [1.54, 1.807) is 0 Å². The van der Waals surface area contributed by atoms with Crippen LogP contribution in [-0.2, 0) is 14.3 Å². The van der Waals surface area contributed by atoms with Gasteiger partial charge in [-0.1, -0.05) is 18.9 Å². The average Bonchev–Trinajstić information content (AvgIpc) is 2.25. The summed E-state index contributed by atoms with van der Waals surface area (Å²) >= 11 is 0. The van der Waals surface area contributed by atoms with E-state index in [1.807, 2.05) is 13.8 Å². The third-order valence-electron chi connectivity index (χ3n) is 2.76. The first-order valence-corrected chi connectivity index (χ1v) is 5.94. The largest absolute Gasteiger partial charge is 0.376 e. The Morgan fingerprint density at radius 3 is 2.56 bits per heavy atom. The van der Waals surface area contributed by atoms with Gasteiger partial charge in [0.15, 0.2) is 0 Å². The number of rotatable bonds is 6. The number of carbonyl (C=O) groups excluding carboxylic acids is 2. The molecule has 0 aromatic carbocycles. The van der Waals surface area contributed by atoms with Crippen molar-refractivity contribution in [3.8, 4) is 0 Å². The van der Waals surface area contributed by atoms with Crippen molar-refractivity contribution in [1.29, 1.82) is 0 Å². The first-order valence-electron chi connectivity index (χ1n) is 5.94. The second-order valence-corrected chi connectivity index (χ2v) is 4.66. The summed E-state index contributed by atoms with van der Waals surface area (Å²) in [6, 6.07) is 0. The molecule has 0 radical (unpaired) electrons. The summed E-state index contributed by atoms with van der Waals surface area (Å²) in [4.78, 5) is 32.9. The number of nitrogens with one attached hydrogen (secondary N) is 1. The van der Waals surface area contributed by atoms with Crippen LogP contribution < -0.4 is 5.32 Å². The van der Waals surface area contributed by atoms with Gasteiger partial charge in [0.1, 0.15) is 0 Å². The van der Waals surface area contributed by atoms with Gasteiger partial charge in [-0.3, -0.25) is 9.59 Å². The van der Waals surface area contributed by atoms with Gasteiger partial charge < -0.3 is 10.1 Å². The third-order valence-corrected chi connectivity index (χ3v) is 2.76. The first kappa shape index (κ1) is 14.5. The van der Waals surface area contributed by atoms with Gasteiger partial charge >= 0.3 is 0 Å². The molecule has 0 atom stereocenters. The number of carbonyl (C=O) groups is 2. The molecule has 18 heavy (non-hydrogen) atoms. The lowest BCUT2D eigenvalue weighted by molar-refractivity contribution is -0.135. The lowest BCUT2D eigenvalue weighted by Crippen LogP contribution is -2.62. The van der Waals surface area contributed by atoms with Crippen molar-refractivity contribution in [1.82, 2.24) is 5.32 Å². The molecule has 0 bridgehead atoms. The molecule has 1 heterocycles. The Balaban J connectivity index is 2.58. The summed E-state index contributed by atoms with van der Waals surface area (Å²) in [5.41, 5.74) is 0.218. The predicted molar refractivity (Wildman–Crippen MR) is 65.8 cm³/mol. The highest BCUT2D eigenvalue weighted by molar-refractivity contribution is 5.89. The second kappa shape index (κ2) is 6.39. The average molecular weight is 254 g/mol. The summed E-state index contributed by atoms with van der Waals surface area (Å²) in [5, 5.41) is 5.07. The van der Waals surface area contributed by atoms with Crippen molar-refractivity contribution in [3.05, 3.63) is 16.6 Å². The van der Waals surface area contributed by atoms with E-state index in [0.717, 1.165) is 18.4 Å². The van der Waals surface area contributed by atoms with Gasteiger partial charge in [-0.15, -0.1) is 4.91 Å². The van der Waals surface area contributed by atoms with E-state index in [1.165, 1.54) is 6.08 Å². The molecule has 1 rings (SSSR count). The van der Waals surface area contributed by atoms with Crippen LogP contribution in [0.2, 0.25) is 0 Å². The molecular weight excluding hydrogens is 236 g/mol. The van der Waals surface area contributed by atoms with E-state index in [0.29, 0.717) is 0 Å². The molecule has 6 heteroatoms. The van der Waals surface area contributed by atoms with Crippen molar-refractivity contribution >= 4 is 11.8 Å². The Morgan fingerprint density at radius 1 is 1.44 bits per heavy atom. The second-order valence-electron chi connectivity index (χ2n) is 4.66. The minimum absolute atomic E-state index is 0.108. The predicted octanol–water partition coefficient (Wildman–Crippen LogP) is 1.30. The Morgan fingerprint density at radius 2 is 2.11 bits per heavy atom. The minimum Gasteiger partial charge on any atom is -0.376 e. The molecule has 0 aromatic heterocycles. The molecule has 0 aromatic rings. The normalized spacial score (nSPS) is 17.8. The highest BCUT2D eigenvalue weighted by Gasteiger charge is 2.42. The number of ether oxygens (including phenoxy) is 1. The molecule has 0 saturated carbocycles. The van der Waals surface area contributed by atoms with E-state index in [9.17, 15) is 14.5 Å². The zero-order valence-corrected chi connectivity index (χ0v) is 10.7. The van der Waals surface area contributed by atoms with Crippen LogP contribution in [0.4, 0.5) is 0 Å². The van der Waals surface area contributed by atoms with Gasteiger partial charge in [0.2, 0.25) is 5.91 Å². The first-order chi connectivity index (χ1) is 8.51. The van der Waals surface area contributed by atoms with Gasteiger partial charge in [0.05, 0.1) is 25.2 Å². The Bertz CT molecular complexity index is 372. The van der Waals surface area contributed by atoms with Crippen LogP contribution in [0.5, 0.6) is 0 Å². The summed E-state index contributed by atoms with van der Waals surface area (Å²) in [7, 11) is 0. The zero-order chi connectivity index (χ0) is 13.6. The van der Waals surface area contributed by atoms with Crippen molar-refractivity contribution < 1.29 is 14.3 Å². The van der Waals surface area contributed by atoms with Gasteiger partial charge in [0, 0.05) is 11.3 Å². The molecule has 1 saturated heterocycles. The summed E-state index contributed by atoms with van der Waals surface area (Å²) in [5.74, 6) is -1.03. The number of amides is 2. The summed E-state index contributed by atoms with van der Waals surface area (Å²) < 4.78 is 5.01. The highest BCUT2D eigenvalue weighted by Crippen LogP contribution is 2.22. The van der Waals surface area contributed by atoms with Gasteiger partial charge in [-0.2, -0.15) is 0 Å². The Kier molecular flexibility index (Phi) is 5.15. The van der Waals surface area contributed by atoms with E-state index in [2.05, 4.69) is 10.5 Å². The number of nitrogens with zero attached hydrogens (tertiary/aromatic N) is 1. The fourth-order valence-corrected chi connectivity index (χ4v) is 1.88. The number of nitroso groups, excluding NO2 is 1.